The van der Waals surface area contributed by atoms with E-state index in [2.05, 4.69) is 23.0 Å². The summed E-state index contributed by atoms with van der Waals surface area (Å²) in [6, 6.07) is 2.28. The minimum Gasteiger partial charge on any atom is -0.356 e. The highest BCUT2D eigenvalue weighted by molar-refractivity contribution is 6.30. The van der Waals surface area contributed by atoms with Crippen molar-refractivity contribution in [2.45, 2.75) is 46.1 Å². The molecule has 0 aliphatic carbocycles. The van der Waals surface area contributed by atoms with Crippen LogP contribution in [0.3, 0.4) is 0 Å². The lowest BCUT2D eigenvalue weighted by Gasteiger charge is -2.26. The summed E-state index contributed by atoms with van der Waals surface area (Å²) in [5.74, 6) is 1.58. The van der Waals surface area contributed by atoms with E-state index in [0.717, 1.165) is 30.0 Å². The van der Waals surface area contributed by atoms with Crippen LogP contribution in [0.1, 0.15) is 38.1 Å². The molecule has 1 aromatic heterocycles. The molecule has 5 heteroatoms. The molecule has 0 aromatic carbocycles. The zero-order valence-electron chi connectivity index (χ0n) is 11.4. The van der Waals surface area contributed by atoms with Gasteiger partial charge in [-0.3, -0.25) is 0 Å². The molecule has 4 nitrogen and oxygen atoms in total. The van der Waals surface area contributed by atoms with Crippen molar-refractivity contribution in [2.75, 3.05) is 11.9 Å². The molecular formula is C13H19ClN4. The predicted octanol–water partition coefficient (Wildman–Crippen LogP) is 3.13. The third-order valence-electron chi connectivity index (χ3n) is 2.96. The second-order valence-electron chi connectivity index (χ2n) is 4.45. The first-order valence-electron chi connectivity index (χ1n) is 6.14. The van der Waals surface area contributed by atoms with Crippen LogP contribution in [0, 0.1) is 18.3 Å². The fourth-order valence-electron chi connectivity index (χ4n) is 1.68. The Kier molecular flexibility index (Phi) is 5.36. The Hall–Kier alpha value is -1.34. The smallest absolute Gasteiger partial charge is 0.137 e. The lowest BCUT2D eigenvalue weighted by molar-refractivity contribution is 0.684. The molecule has 0 aliphatic heterocycles. The number of nitrogens with zero attached hydrogens (tertiary/aromatic N) is 4. The molecule has 1 heterocycles. The molecular weight excluding hydrogens is 248 g/mol. The first kappa shape index (κ1) is 14.7. The van der Waals surface area contributed by atoms with Gasteiger partial charge in [-0.05, 0) is 20.3 Å². The Labute approximate surface area is 114 Å². The Morgan fingerprint density at radius 1 is 1.44 bits per heavy atom. The summed E-state index contributed by atoms with van der Waals surface area (Å²) >= 11 is 6.14. The lowest BCUT2D eigenvalue weighted by atomic mass is 10.2. The van der Waals surface area contributed by atoms with Gasteiger partial charge in [0.1, 0.15) is 16.8 Å². The van der Waals surface area contributed by atoms with Gasteiger partial charge < -0.3 is 4.90 Å². The van der Waals surface area contributed by atoms with Gasteiger partial charge in [0.2, 0.25) is 0 Å². The van der Waals surface area contributed by atoms with E-state index < -0.39 is 0 Å². The highest BCUT2D eigenvalue weighted by atomic mass is 35.5. The Morgan fingerprint density at radius 3 is 2.67 bits per heavy atom. The minimum absolute atomic E-state index is 0.106. The van der Waals surface area contributed by atoms with E-state index in [4.69, 9.17) is 16.9 Å². The van der Waals surface area contributed by atoms with Gasteiger partial charge in [-0.15, -0.1) is 0 Å². The number of rotatable bonds is 5. The molecule has 0 fully saturated rings. The maximum Gasteiger partial charge on any atom is 0.137 e. The fourth-order valence-corrected chi connectivity index (χ4v) is 1.86. The summed E-state index contributed by atoms with van der Waals surface area (Å²) < 4.78 is 0. The van der Waals surface area contributed by atoms with E-state index in [0.29, 0.717) is 11.6 Å². The molecule has 0 aliphatic rings. The van der Waals surface area contributed by atoms with Crippen LogP contribution >= 0.6 is 11.6 Å². The van der Waals surface area contributed by atoms with E-state index in [1.54, 1.807) is 0 Å². The quantitative estimate of drug-likeness (QED) is 0.769. The van der Waals surface area contributed by atoms with E-state index in [9.17, 15) is 0 Å². The largest absolute Gasteiger partial charge is 0.356 e. The van der Waals surface area contributed by atoms with Crippen molar-refractivity contribution in [2.24, 2.45) is 0 Å². The van der Waals surface area contributed by atoms with Crippen LogP contribution in [0.25, 0.3) is 0 Å². The Morgan fingerprint density at radius 2 is 2.11 bits per heavy atom. The van der Waals surface area contributed by atoms with Gasteiger partial charge in [-0.2, -0.15) is 5.26 Å². The standard InChI is InChI=1S/C13H19ClN4/c1-5-6-11-16-12(14)10(3)13(17-11)18(4)9(2)7-8-15/h9H,5-7H2,1-4H3. The van der Waals surface area contributed by atoms with Gasteiger partial charge in [0.25, 0.3) is 0 Å². The van der Waals surface area contributed by atoms with Gasteiger partial charge in [0, 0.05) is 25.1 Å². The fraction of sp³-hybridized carbons (Fsp3) is 0.615. The zero-order chi connectivity index (χ0) is 13.7. The van der Waals surface area contributed by atoms with Crippen LogP contribution in [0.2, 0.25) is 5.15 Å². The zero-order valence-corrected chi connectivity index (χ0v) is 12.1. The first-order chi connectivity index (χ1) is 8.51. The summed E-state index contributed by atoms with van der Waals surface area (Å²) in [5.41, 5.74) is 0.865. The van der Waals surface area contributed by atoms with E-state index >= 15 is 0 Å². The van der Waals surface area contributed by atoms with Crippen LogP contribution in [0.4, 0.5) is 5.82 Å². The molecule has 0 saturated carbocycles. The monoisotopic (exact) mass is 266 g/mol. The van der Waals surface area contributed by atoms with Gasteiger partial charge in [-0.25, -0.2) is 9.97 Å². The third-order valence-corrected chi connectivity index (χ3v) is 3.33. The molecule has 0 amide bonds. The molecule has 1 atom stereocenters. The number of aromatic nitrogens is 2. The minimum atomic E-state index is 0.106. The Balaban J connectivity index is 3.10. The summed E-state index contributed by atoms with van der Waals surface area (Å²) in [6.45, 7) is 5.99. The van der Waals surface area contributed by atoms with Gasteiger partial charge in [0.05, 0.1) is 12.5 Å². The van der Waals surface area contributed by atoms with E-state index in [1.165, 1.54) is 0 Å². The number of anilines is 1. The van der Waals surface area contributed by atoms with E-state index in [1.807, 2.05) is 25.8 Å². The van der Waals surface area contributed by atoms with Crippen molar-refractivity contribution in [3.05, 3.63) is 16.5 Å². The molecule has 1 unspecified atom stereocenters. The van der Waals surface area contributed by atoms with Crippen molar-refractivity contribution in [1.82, 2.24) is 9.97 Å². The second-order valence-corrected chi connectivity index (χ2v) is 4.81. The molecule has 0 radical (unpaired) electrons. The first-order valence-corrected chi connectivity index (χ1v) is 6.51. The summed E-state index contributed by atoms with van der Waals surface area (Å²) in [7, 11) is 1.93. The van der Waals surface area contributed by atoms with Crippen LogP contribution in [-0.4, -0.2) is 23.1 Å². The van der Waals surface area contributed by atoms with Crippen molar-refractivity contribution < 1.29 is 0 Å². The molecule has 0 spiro atoms. The maximum atomic E-state index is 8.76. The van der Waals surface area contributed by atoms with Crippen LogP contribution in [0.15, 0.2) is 0 Å². The van der Waals surface area contributed by atoms with Gasteiger partial charge >= 0.3 is 0 Å². The highest BCUT2D eigenvalue weighted by Crippen LogP contribution is 2.24. The molecule has 0 bridgehead atoms. The number of halogens is 1. The topological polar surface area (TPSA) is 52.8 Å². The highest BCUT2D eigenvalue weighted by Gasteiger charge is 2.17. The average Bonchev–Trinajstić information content (AvgIpc) is 2.33. The van der Waals surface area contributed by atoms with Crippen molar-refractivity contribution in [1.29, 1.82) is 5.26 Å². The van der Waals surface area contributed by atoms with Crippen LogP contribution in [0.5, 0.6) is 0 Å². The summed E-state index contributed by atoms with van der Waals surface area (Å²) in [6.07, 6.45) is 2.25. The third kappa shape index (κ3) is 3.33. The summed E-state index contributed by atoms with van der Waals surface area (Å²) in [5, 5.41) is 9.26. The van der Waals surface area contributed by atoms with Gasteiger partial charge in [-0.1, -0.05) is 18.5 Å². The lowest BCUT2D eigenvalue weighted by Crippen LogP contribution is -2.30. The second kappa shape index (κ2) is 6.55. The molecule has 0 N–H and O–H groups in total. The number of hydrogen-bond acceptors (Lipinski definition) is 4. The van der Waals surface area contributed by atoms with E-state index in [-0.39, 0.29) is 6.04 Å². The SMILES string of the molecule is CCCc1nc(Cl)c(C)c(N(C)C(C)CC#N)n1. The average molecular weight is 267 g/mol. The van der Waals surface area contributed by atoms with Gasteiger partial charge in [0.15, 0.2) is 0 Å². The normalized spacial score (nSPS) is 12.0. The molecule has 0 saturated heterocycles. The van der Waals surface area contributed by atoms with Crippen molar-refractivity contribution in [3.63, 3.8) is 0 Å². The number of hydrogen-bond donors (Lipinski definition) is 0. The molecule has 1 rings (SSSR count). The number of nitriles is 1. The summed E-state index contributed by atoms with van der Waals surface area (Å²) in [4.78, 5) is 10.8. The Bertz CT molecular complexity index is 453. The number of aryl methyl sites for hydroxylation is 1. The van der Waals surface area contributed by atoms with Crippen molar-refractivity contribution in [3.8, 4) is 6.07 Å². The predicted molar refractivity (Wildman–Crippen MR) is 73.9 cm³/mol. The maximum absolute atomic E-state index is 8.76. The van der Waals surface area contributed by atoms with Crippen LogP contribution in [-0.2, 0) is 6.42 Å². The molecule has 18 heavy (non-hydrogen) atoms. The van der Waals surface area contributed by atoms with Crippen LogP contribution < -0.4 is 4.90 Å². The molecule has 1 aromatic rings. The molecule has 98 valence electrons. The van der Waals surface area contributed by atoms with Crippen molar-refractivity contribution >= 4 is 17.4 Å².